The van der Waals surface area contributed by atoms with Crippen LogP contribution in [-0.4, -0.2) is 25.9 Å². The lowest BCUT2D eigenvalue weighted by Crippen LogP contribution is -2.25. The van der Waals surface area contributed by atoms with Crippen molar-refractivity contribution in [2.75, 3.05) is 30.8 Å². The molecule has 0 aromatic heterocycles. The van der Waals surface area contributed by atoms with E-state index in [2.05, 4.69) is 50.1 Å². The minimum Gasteiger partial charge on any atom is -0.374 e. The van der Waals surface area contributed by atoms with E-state index in [9.17, 15) is 0 Å². The van der Waals surface area contributed by atoms with Crippen LogP contribution < -0.4 is 10.6 Å². The molecule has 1 atom stereocenters. The molecule has 3 heteroatoms. The lowest BCUT2D eigenvalue weighted by Gasteiger charge is -2.23. The van der Waals surface area contributed by atoms with Crippen LogP contribution in [0.25, 0.3) is 0 Å². The topological polar surface area (TPSA) is 29.3 Å². The summed E-state index contributed by atoms with van der Waals surface area (Å²) >= 11 is 1.88. The van der Waals surface area contributed by atoms with E-state index in [-0.39, 0.29) is 0 Å². The van der Waals surface area contributed by atoms with Crippen LogP contribution in [0.4, 0.5) is 5.69 Å². The number of benzene rings is 1. The summed E-state index contributed by atoms with van der Waals surface area (Å²) in [6.07, 6.45) is 1.09. The van der Waals surface area contributed by atoms with Crippen molar-refractivity contribution in [2.45, 2.75) is 25.2 Å². The van der Waals surface area contributed by atoms with Crippen LogP contribution in [0.3, 0.4) is 0 Å². The zero-order chi connectivity index (χ0) is 12.7. The summed E-state index contributed by atoms with van der Waals surface area (Å²) in [7, 11) is 2.15. The summed E-state index contributed by atoms with van der Waals surface area (Å²) in [6, 6.07) is 8.81. The highest BCUT2D eigenvalue weighted by atomic mass is 32.2. The minimum atomic E-state index is 0.648. The summed E-state index contributed by atoms with van der Waals surface area (Å²) < 4.78 is 0. The fourth-order valence-electron chi connectivity index (χ4n) is 1.91. The molecule has 0 saturated heterocycles. The normalized spacial score (nSPS) is 12.5. The van der Waals surface area contributed by atoms with E-state index < -0.39 is 0 Å². The molecule has 17 heavy (non-hydrogen) atoms. The molecule has 1 unspecified atom stereocenters. The van der Waals surface area contributed by atoms with Gasteiger partial charge in [0, 0.05) is 24.2 Å². The van der Waals surface area contributed by atoms with Crippen molar-refractivity contribution in [1.29, 1.82) is 0 Å². The molecule has 2 N–H and O–H groups in total. The highest BCUT2D eigenvalue weighted by Crippen LogP contribution is 2.22. The molecule has 0 fully saturated rings. The van der Waals surface area contributed by atoms with Crippen molar-refractivity contribution in [1.82, 2.24) is 0 Å². The van der Waals surface area contributed by atoms with Crippen LogP contribution >= 0.6 is 11.8 Å². The van der Waals surface area contributed by atoms with Gasteiger partial charge in [-0.1, -0.05) is 13.8 Å². The first-order chi connectivity index (χ1) is 8.17. The molecule has 1 rings (SSSR count). The van der Waals surface area contributed by atoms with Gasteiger partial charge < -0.3 is 10.6 Å². The number of nitrogens with two attached hydrogens (primary N) is 1. The Morgan fingerprint density at radius 2 is 1.94 bits per heavy atom. The lowest BCUT2D eigenvalue weighted by molar-refractivity contribution is 0.539. The zero-order valence-electron chi connectivity index (χ0n) is 11.1. The number of hydrogen-bond acceptors (Lipinski definition) is 3. The Morgan fingerprint density at radius 3 is 2.47 bits per heavy atom. The SMILES string of the molecule is CCSc1ccc(N(C)CC(C)CCN)cc1. The molecular weight excluding hydrogens is 228 g/mol. The maximum absolute atomic E-state index is 5.58. The van der Waals surface area contributed by atoms with E-state index in [0.717, 1.165) is 25.3 Å². The third kappa shape index (κ3) is 5.00. The van der Waals surface area contributed by atoms with Gasteiger partial charge in [0.1, 0.15) is 0 Å². The van der Waals surface area contributed by atoms with Crippen molar-refractivity contribution >= 4 is 17.4 Å². The van der Waals surface area contributed by atoms with Crippen LogP contribution in [0.2, 0.25) is 0 Å². The molecule has 0 saturated carbocycles. The fraction of sp³-hybridized carbons (Fsp3) is 0.571. The van der Waals surface area contributed by atoms with E-state index in [0.29, 0.717) is 5.92 Å². The second-order valence-corrected chi connectivity index (χ2v) is 5.83. The number of rotatable bonds is 7. The Kier molecular flexibility index (Phi) is 6.45. The molecule has 1 aromatic rings. The van der Waals surface area contributed by atoms with Crippen LogP contribution in [0, 0.1) is 5.92 Å². The first kappa shape index (κ1) is 14.4. The molecule has 0 bridgehead atoms. The predicted octanol–water partition coefficient (Wildman–Crippen LogP) is 3.22. The van der Waals surface area contributed by atoms with Gasteiger partial charge in [0.15, 0.2) is 0 Å². The molecule has 0 aliphatic heterocycles. The average molecular weight is 252 g/mol. The highest BCUT2D eigenvalue weighted by molar-refractivity contribution is 7.99. The van der Waals surface area contributed by atoms with Gasteiger partial charge in [-0.2, -0.15) is 0 Å². The second kappa shape index (κ2) is 7.62. The van der Waals surface area contributed by atoms with Gasteiger partial charge in [-0.25, -0.2) is 0 Å². The Balaban J connectivity index is 2.53. The van der Waals surface area contributed by atoms with Crippen molar-refractivity contribution in [2.24, 2.45) is 11.7 Å². The maximum atomic E-state index is 5.58. The Hall–Kier alpha value is -0.670. The zero-order valence-corrected chi connectivity index (χ0v) is 12.0. The number of anilines is 1. The standard InChI is InChI=1S/C14H24N2S/c1-4-17-14-7-5-13(6-8-14)16(3)11-12(2)9-10-15/h5-8,12H,4,9-11,15H2,1-3H3. The highest BCUT2D eigenvalue weighted by Gasteiger charge is 2.06. The monoisotopic (exact) mass is 252 g/mol. The first-order valence-corrected chi connectivity index (χ1v) is 7.30. The molecule has 1 aromatic carbocycles. The third-order valence-corrected chi connectivity index (χ3v) is 3.73. The number of nitrogens with zero attached hydrogens (tertiary/aromatic N) is 1. The predicted molar refractivity (Wildman–Crippen MR) is 78.9 cm³/mol. The second-order valence-electron chi connectivity index (χ2n) is 4.49. The van der Waals surface area contributed by atoms with Gasteiger partial charge >= 0.3 is 0 Å². The molecule has 2 nitrogen and oxygen atoms in total. The third-order valence-electron chi connectivity index (χ3n) is 2.83. The summed E-state index contributed by atoms with van der Waals surface area (Å²) in [5.41, 5.74) is 6.86. The molecule has 0 radical (unpaired) electrons. The van der Waals surface area contributed by atoms with Crippen molar-refractivity contribution < 1.29 is 0 Å². The summed E-state index contributed by atoms with van der Waals surface area (Å²) in [5.74, 6) is 1.78. The van der Waals surface area contributed by atoms with Crippen LogP contribution in [0.5, 0.6) is 0 Å². The minimum absolute atomic E-state index is 0.648. The summed E-state index contributed by atoms with van der Waals surface area (Å²) in [4.78, 5) is 3.65. The Labute approximate surface area is 110 Å². The van der Waals surface area contributed by atoms with E-state index in [1.807, 2.05) is 11.8 Å². The quantitative estimate of drug-likeness (QED) is 0.756. The van der Waals surface area contributed by atoms with Gasteiger partial charge in [0.25, 0.3) is 0 Å². The van der Waals surface area contributed by atoms with E-state index >= 15 is 0 Å². The van der Waals surface area contributed by atoms with Crippen molar-refractivity contribution in [3.63, 3.8) is 0 Å². The maximum Gasteiger partial charge on any atom is 0.0364 e. The van der Waals surface area contributed by atoms with Gasteiger partial charge in [0.2, 0.25) is 0 Å². The van der Waals surface area contributed by atoms with E-state index in [4.69, 9.17) is 5.73 Å². The smallest absolute Gasteiger partial charge is 0.0364 e. The molecule has 0 spiro atoms. The van der Waals surface area contributed by atoms with Crippen LogP contribution in [-0.2, 0) is 0 Å². The molecule has 96 valence electrons. The fourth-order valence-corrected chi connectivity index (χ4v) is 2.57. The molecule has 0 aliphatic carbocycles. The van der Waals surface area contributed by atoms with Crippen molar-refractivity contribution in [3.8, 4) is 0 Å². The average Bonchev–Trinajstić information content (AvgIpc) is 2.30. The Bertz CT molecular complexity index is 311. The molecular formula is C14H24N2S. The lowest BCUT2D eigenvalue weighted by atomic mass is 10.1. The van der Waals surface area contributed by atoms with Crippen LogP contribution in [0.15, 0.2) is 29.2 Å². The first-order valence-electron chi connectivity index (χ1n) is 6.31. The summed E-state index contributed by atoms with van der Waals surface area (Å²) in [5, 5.41) is 0. The van der Waals surface area contributed by atoms with Gasteiger partial charge in [-0.15, -0.1) is 11.8 Å². The van der Waals surface area contributed by atoms with Gasteiger partial charge in [-0.05, 0) is 48.9 Å². The molecule has 0 aliphatic rings. The number of thioether (sulfide) groups is 1. The van der Waals surface area contributed by atoms with E-state index in [1.54, 1.807) is 0 Å². The summed E-state index contributed by atoms with van der Waals surface area (Å²) in [6.45, 7) is 6.28. The largest absolute Gasteiger partial charge is 0.374 e. The van der Waals surface area contributed by atoms with Gasteiger partial charge in [-0.3, -0.25) is 0 Å². The molecule has 0 amide bonds. The number of hydrogen-bond donors (Lipinski definition) is 1. The van der Waals surface area contributed by atoms with Crippen LogP contribution in [0.1, 0.15) is 20.3 Å². The Morgan fingerprint density at radius 1 is 1.29 bits per heavy atom. The van der Waals surface area contributed by atoms with E-state index in [1.165, 1.54) is 10.6 Å². The van der Waals surface area contributed by atoms with Gasteiger partial charge in [0.05, 0.1) is 0 Å². The van der Waals surface area contributed by atoms with Crippen molar-refractivity contribution in [3.05, 3.63) is 24.3 Å². The molecule has 0 heterocycles.